The Hall–Kier alpha value is -2.71. The van der Waals surface area contributed by atoms with Crippen LogP contribution in [0.4, 0.5) is 0 Å². The van der Waals surface area contributed by atoms with Gasteiger partial charge in [-0.3, -0.25) is 0 Å². The number of nitrogens with one attached hydrogen (secondary N) is 1. The van der Waals surface area contributed by atoms with Crippen molar-refractivity contribution in [2.75, 3.05) is 7.11 Å². The van der Waals surface area contributed by atoms with Crippen LogP contribution in [0.1, 0.15) is 17.0 Å². The first-order valence-corrected chi connectivity index (χ1v) is 9.41. The van der Waals surface area contributed by atoms with Crippen molar-refractivity contribution in [2.45, 2.75) is 25.3 Å². The highest BCUT2D eigenvalue weighted by molar-refractivity contribution is 7.89. The smallest absolute Gasteiger partial charge is 0.241 e. The summed E-state index contributed by atoms with van der Waals surface area (Å²) in [7, 11) is -2.11. The first-order valence-electron chi connectivity index (χ1n) is 7.93. The van der Waals surface area contributed by atoms with Gasteiger partial charge in [-0.15, -0.1) is 0 Å². The van der Waals surface area contributed by atoms with Crippen LogP contribution < -0.4 is 9.46 Å². The molecule has 2 aromatic carbocycles. The molecular formula is C18H19N3O4S. The van der Waals surface area contributed by atoms with Crippen molar-refractivity contribution in [1.82, 2.24) is 14.9 Å². The summed E-state index contributed by atoms with van der Waals surface area (Å²) in [6.07, 6.45) is 0. The van der Waals surface area contributed by atoms with E-state index in [1.54, 1.807) is 51.3 Å². The number of ether oxygens (including phenoxy) is 1. The summed E-state index contributed by atoms with van der Waals surface area (Å²) in [5.41, 5.74) is 2.05. The first-order chi connectivity index (χ1) is 12.4. The van der Waals surface area contributed by atoms with E-state index in [2.05, 4.69) is 14.9 Å². The van der Waals surface area contributed by atoms with Crippen LogP contribution in [0.2, 0.25) is 0 Å². The average Bonchev–Trinajstić information content (AvgIpc) is 3.07. The minimum absolute atomic E-state index is 0.178. The summed E-state index contributed by atoms with van der Waals surface area (Å²) >= 11 is 0. The Labute approximate surface area is 152 Å². The van der Waals surface area contributed by atoms with Crippen molar-refractivity contribution in [1.29, 1.82) is 0 Å². The number of methoxy groups -OCH3 is 1. The highest BCUT2D eigenvalue weighted by Crippen LogP contribution is 2.23. The van der Waals surface area contributed by atoms with E-state index in [9.17, 15) is 8.42 Å². The molecule has 1 aromatic heterocycles. The molecule has 0 radical (unpaired) electrons. The topological polar surface area (TPSA) is 94.3 Å². The third-order valence-corrected chi connectivity index (χ3v) is 5.43. The maximum atomic E-state index is 12.7. The van der Waals surface area contributed by atoms with Crippen LogP contribution in [0.5, 0.6) is 5.75 Å². The van der Waals surface area contributed by atoms with Gasteiger partial charge in [-0.25, -0.2) is 13.1 Å². The molecule has 26 heavy (non-hydrogen) atoms. The van der Waals surface area contributed by atoms with E-state index >= 15 is 0 Å². The summed E-state index contributed by atoms with van der Waals surface area (Å²) in [4.78, 5) is 4.32. The van der Waals surface area contributed by atoms with Gasteiger partial charge in [0.05, 0.1) is 12.0 Å². The van der Waals surface area contributed by atoms with E-state index in [0.717, 1.165) is 11.3 Å². The Morgan fingerprint density at radius 1 is 1.12 bits per heavy atom. The van der Waals surface area contributed by atoms with E-state index in [1.165, 1.54) is 0 Å². The highest BCUT2D eigenvalue weighted by atomic mass is 32.2. The molecule has 0 aliphatic carbocycles. The highest BCUT2D eigenvalue weighted by Gasteiger charge is 2.19. The molecule has 1 heterocycles. The van der Waals surface area contributed by atoms with Crippen LogP contribution in [-0.4, -0.2) is 25.7 Å². The number of hydrogen-bond donors (Lipinski definition) is 1. The third kappa shape index (κ3) is 3.92. The molecular weight excluding hydrogens is 354 g/mol. The third-order valence-electron chi connectivity index (χ3n) is 3.89. The van der Waals surface area contributed by atoms with E-state index in [1.807, 2.05) is 12.1 Å². The Kier molecular flexibility index (Phi) is 5.06. The fourth-order valence-electron chi connectivity index (χ4n) is 2.44. The molecule has 0 bridgehead atoms. The van der Waals surface area contributed by atoms with E-state index < -0.39 is 10.0 Å². The van der Waals surface area contributed by atoms with Crippen molar-refractivity contribution in [2.24, 2.45) is 0 Å². The zero-order chi connectivity index (χ0) is 18.7. The normalized spacial score (nSPS) is 11.5. The number of nitrogens with zero attached hydrogens (tertiary/aromatic N) is 2. The van der Waals surface area contributed by atoms with Crippen molar-refractivity contribution >= 4 is 10.0 Å². The molecule has 0 aliphatic heterocycles. The standard InChI is InChI=1S/C18H19N3O4S/c1-12-4-7-15(18-20-13(2)25-21-18)10-17(12)26(22,23)19-11-14-5-8-16(24-3)9-6-14/h4-10,19H,11H2,1-3H3. The average molecular weight is 373 g/mol. The van der Waals surface area contributed by atoms with Crippen LogP contribution in [0.15, 0.2) is 51.9 Å². The number of rotatable bonds is 6. The van der Waals surface area contributed by atoms with Gasteiger partial charge in [0.2, 0.25) is 21.7 Å². The summed E-state index contributed by atoms with van der Waals surface area (Å²) < 4.78 is 38.2. The lowest BCUT2D eigenvalue weighted by Gasteiger charge is -2.11. The minimum Gasteiger partial charge on any atom is -0.497 e. The van der Waals surface area contributed by atoms with Crippen LogP contribution in [0, 0.1) is 13.8 Å². The number of benzene rings is 2. The maximum Gasteiger partial charge on any atom is 0.241 e. The van der Waals surface area contributed by atoms with Gasteiger partial charge in [0.15, 0.2) is 0 Å². The monoisotopic (exact) mass is 373 g/mol. The van der Waals surface area contributed by atoms with Crippen LogP contribution in [-0.2, 0) is 16.6 Å². The van der Waals surface area contributed by atoms with Gasteiger partial charge in [0.1, 0.15) is 5.75 Å². The van der Waals surface area contributed by atoms with Gasteiger partial charge in [0, 0.05) is 19.0 Å². The quantitative estimate of drug-likeness (QED) is 0.714. The second kappa shape index (κ2) is 7.27. The molecule has 0 amide bonds. The molecule has 0 aliphatic rings. The number of aryl methyl sites for hydroxylation is 2. The fraction of sp³-hybridized carbons (Fsp3) is 0.222. The largest absolute Gasteiger partial charge is 0.497 e. The van der Waals surface area contributed by atoms with E-state index in [4.69, 9.17) is 9.26 Å². The summed E-state index contributed by atoms with van der Waals surface area (Å²) in [6.45, 7) is 3.60. The molecule has 3 rings (SSSR count). The van der Waals surface area contributed by atoms with Crippen molar-refractivity contribution in [3.63, 3.8) is 0 Å². The lowest BCUT2D eigenvalue weighted by atomic mass is 10.1. The van der Waals surface area contributed by atoms with E-state index in [0.29, 0.717) is 22.8 Å². The van der Waals surface area contributed by atoms with Crippen molar-refractivity contribution in [3.05, 3.63) is 59.5 Å². The number of sulfonamides is 1. The molecule has 136 valence electrons. The molecule has 3 aromatic rings. The predicted molar refractivity (Wildman–Crippen MR) is 96.2 cm³/mol. The number of aromatic nitrogens is 2. The van der Waals surface area contributed by atoms with Gasteiger partial charge in [-0.2, -0.15) is 4.98 Å². The molecule has 8 heteroatoms. The molecule has 0 saturated heterocycles. The lowest BCUT2D eigenvalue weighted by Crippen LogP contribution is -2.24. The molecule has 0 fully saturated rings. The molecule has 0 saturated carbocycles. The molecule has 0 spiro atoms. The zero-order valence-electron chi connectivity index (χ0n) is 14.7. The van der Waals surface area contributed by atoms with Gasteiger partial charge >= 0.3 is 0 Å². The van der Waals surface area contributed by atoms with Crippen LogP contribution in [0.3, 0.4) is 0 Å². The SMILES string of the molecule is COc1ccc(CNS(=O)(=O)c2cc(-c3noc(C)n3)ccc2C)cc1. The number of hydrogen-bond acceptors (Lipinski definition) is 6. The first kappa shape index (κ1) is 18.1. The Morgan fingerprint density at radius 3 is 2.46 bits per heavy atom. The summed E-state index contributed by atoms with van der Waals surface area (Å²) in [5.74, 6) is 1.49. The Balaban J connectivity index is 1.83. The second-order valence-electron chi connectivity index (χ2n) is 5.79. The molecule has 0 unspecified atom stereocenters. The second-order valence-corrected chi connectivity index (χ2v) is 7.53. The lowest BCUT2D eigenvalue weighted by molar-refractivity contribution is 0.394. The van der Waals surface area contributed by atoms with Crippen molar-refractivity contribution < 1.29 is 17.7 Å². The predicted octanol–water partition coefficient (Wildman–Crippen LogP) is 2.84. The Morgan fingerprint density at radius 2 is 1.85 bits per heavy atom. The minimum atomic E-state index is -3.70. The maximum absolute atomic E-state index is 12.7. The van der Waals surface area contributed by atoms with Gasteiger partial charge in [-0.05, 0) is 36.2 Å². The Bertz CT molecular complexity index is 1010. The van der Waals surface area contributed by atoms with Crippen LogP contribution >= 0.6 is 0 Å². The fourth-order valence-corrected chi connectivity index (χ4v) is 3.73. The molecule has 0 atom stereocenters. The van der Waals surface area contributed by atoms with Crippen LogP contribution in [0.25, 0.3) is 11.4 Å². The van der Waals surface area contributed by atoms with Gasteiger partial charge < -0.3 is 9.26 Å². The van der Waals surface area contributed by atoms with E-state index in [-0.39, 0.29) is 11.4 Å². The van der Waals surface area contributed by atoms with Gasteiger partial charge in [-0.1, -0.05) is 29.4 Å². The molecule has 1 N–H and O–H groups in total. The summed E-state index contributed by atoms with van der Waals surface area (Å²) in [5, 5.41) is 3.84. The molecule has 7 nitrogen and oxygen atoms in total. The van der Waals surface area contributed by atoms with Crippen molar-refractivity contribution in [3.8, 4) is 17.1 Å². The summed E-state index contributed by atoms with van der Waals surface area (Å²) in [6, 6.07) is 12.2. The zero-order valence-corrected chi connectivity index (χ0v) is 15.5. The van der Waals surface area contributed by atoms with Gasteiger partial charge in [0.25, 0.3) is 0 Å².